The van der Waals surface area contributed by atoms with Gasteiger partial charge in [-0.05, 0) is 46.8 Å². The molecule has 0 aliphatic carbocycles. The fraction of sp³-hybridized carbons (Fsp3) is 0.111. The molecule has 34 heavy (non-hydrogen) atoms. The number of carboxylic acid groups (broad SMARTS) is 1. The summed E-state index contributed by atoms with van der Waals surface area (Å²) in [7, 11) is 0. The highest BCUT2D eigenvalue weighted by atomic mass is 32.1. The number of aliphatic hydroxyl groups excluding tert-OH is 1. The van der Waals surface area contributed by atoms with Gasteiger partial charge in [0.25, 0.3) is 5.56 Å². The highest BCUT2D eigenvalue weighted by molar-refractivity contribution is 7.20. The third-order valence-corrected chi connectivity index (χ3v) is 6.88. The number of aromatic carboxylic acids is 1. The maximum absolute atomic E-state index is 13.4. The van der Waals surface area contributed by atoms with E-state index in [9.17, 15) is 19.8 Å². The van der Waals surface area contributed by atoms with E-state index in [1.807, 2.05) is 36.4 Å². The second-order valence-corrected chi connectivity index (χ2v) is 9.02. The van der Waals surface area contributed by atoms with Crippen LogP contribution in [0, 0.1) is 0 Å². The Hall–Kier alpha value is -3.94. The molecule has 170 valence electrons. The molecule has 0 aliphatic rings. The van der Waals surface area contributed by atoms with E-state index < -0.39 is 5.97 Å². The van der Waals surface area contributed by atoms with Crippen LogP contribution >= 0.6 is 11.3 Å². The molecule has 0 saturated carbocycles. The zero-order chi connectivity index (χ0) is 23.7. The highest BCUT2D eigenvalue weighted by Gasteiger charge is 2.19. The highest BCUT2D eigenvalue weighted by Crippen LogP contribution is 2.32. The van der Waals surface area contributed by atoms with Gasteiger partial charge in [-0.2, -0.15) is 0 Å². The minimum absolute atomic E-state index is 0.00565. The van der Waals surface area contributed by atoms with Crippen LogP contribution in [-0.2, 0) is 13.0 Å². The van der Waals surface area contributed by atoms with Crippen molar-refractivity contribution in [1.29, 1.82) is 0 Å². The third-order valence-electron chi connectivity index (χ3n) is 5.67. The van der Waals surface area contributed by atoms with Crippen molar-refractivity contribution < 1.29 is 19.7 Å². The monoisotopic (exact) mass is 471 g/mol. The first-order valence-corrected chi connectivity index (χ1v) is 11.6. The predicted octanol–water partition coefficient (Wildman–Crippen LogP) is 4.99. The van der Waals surface area contributed by atoms with E-state index in [1.54, 1.807) is 36.5 Å². The molecular weight excluding hydrogens is 450 g/mol. The normalized spacial score (nSPS) is 11.2. The Kier molecular flexibility index (Phi) is 5.88. The molecule has 7 heteroatoms. The van der Waals surface area contributed by atoms with Gasteiger partial charge in [0.15, 0.2) is 0 Å². The first kappa shape index (κ1) is 21.9. The van der Waals surface area contributed by atoms with E-state index in [0.29, 0.717) is 35.4 Å². The summed E-state index contributed by atoms with van der Waals surface area (Å²) in [5.41, 5.74) is 2.10. The van der Waals surface area contributed by atoms with Crippen molar-refractivity contribution in [1.82, 2.24) is 4.40 Å². The summed E-state index contributed by atoms with van der Waals surface area (Å²) in [4.78, 5) is 26.5. The fourth-order valence-electron chi connectivity index (χ4n) is 4.01. The lowest BCUT2D eigenvalue weighted by atomic mass is 10.0. The Bertz CT molecular complexity index is 1550. The number of rotatable bonds is 7. The number of thiophene rings is 1. The molecule has 0 radical (unpaired) electrons. The quantitative estimate of drug-likeness (QED) is 0.349. The summed E-state index contributed by atoms with van der Waals surface area (Å²) < 4.78 is 7.94. The van der Waals surface area contributed by atoms with Gasteiger partial charge in [-0.3, -0.25) is 9.20 Å². The molecule has 6 nitrogen and oxygen atoms in total. The molecule has 0 aliphatic heterocycles. The van der Waals surface area contributed by atoms with Crippen molar-refractivity contribution in [2.75, 3.05) is 6.61 Å². The average molecular weight is 472 g/mol. The number of fused-ring (bicyclic) bond motifs is 3. The van der Waals surface area contributed by atoms with Crippen LogP contribution in [0.4, 0.5) is 0 Å². The summed E-state index contributed by atoms with van der Waals surface area (Å²) in [6.45, 7) is 0.433. The van der Waals surface area contributed by atoms with Crippen LogP contribution in [0.5, 0.6) is 5.75 Å². The van der Waals surface area contributed by atoms with E-state index >= 15 is 0 Å². The zero-order valence-electron chi connectivity index (χ0n) is 18.1. The van der Waals surface area contributed by atoms with Crippen molar-refractivity contribution in [3.05, 3.63) is 105 Å². The molecule has 0 fully saturated rings. The Morgan fingerprint density at radius 1 is 1.00 bits per heavy atom. The first-order valence-electron chi connectivity index (χ1n) is 10.8. The molecule has 0 atom stereocenters. The van der Waals surface area contributed by atoms with Crippen molar-refractivity contribution in [2.24, 2.45) is 0 Å². The Labute approximate surface area is 198 Å². The number of benzene rings is 2. The summed E-state index contributed by atoms with van der Waals surface area (Å²) in [6, 6.07) is 22.1. The molecule has 5 rings (SSSR count). The van der Waals surface area contributed by atoms with Gasteiger partial charge in [-0.15, -0.1) is 11.3 Å². The number of ether oxygens (including phenoxy) is 1. The Morgan fingerprint density at radius 2 is 1.76 bits per heavy atom. The van der Waals surface area contributed by atoms with E-state index in [1.165, 1.54) is 21.8 Å². The fourth-order valence-corrected chi connectivity index (χ4v) is 5.20. The Morgan fingerprint density at radius 3 is 2.47 bits per heavy atom. The van der Waals surface area contributed by atoms with E-state index in [0.717, 1.165) is 20.5 Å². The molecule has 0 saturated heterocycles. The number of aliphatic hydroxyl groups is 1. The van der Waals surface area contributed by atoms with Gasteiger partial charge in [-0.1, -0.05) is 42.5 Å². The molecule has 2 aromatic carbocycles. The van der Waals surface area contributed by atoms with Crippen LogP contribution in [0.25, 0.3) is 26.7 Å². The molecule has 0 unspecified atom stereocenters. The number of hydrogen-bond donors (Lipinski definition) is 2. The van der Waals surface area contributed by atoms with Crippen LogP contribution < -0.4 is 10.3 Å². The summed E-state index contributed by atoms with van der Waals surface area (Å²) in [5.74, 6) is -0.449. The van der Waals surface area contributed by atoms with Crippen molar-refractivity contribution in [3.8, 4) is 16.9 Å². The summed E-state index contributed by atoms with van der Waals surface area (Å²) >= 11 is 1.40. The summed E-state index contributed by atoms with van der Waals surface area (Å²) in [5, 5.41) is 20.1. The molecule has 0 bridgehead atoms. The summed E-state index contributed by atoms with van der Waals surface area (Å²) in [6.07, 6.45) is 2.09. The minimum Gasteiger partial charge on any atom is -0.489 e. The van der Waals surface area contributed by atoms with Gasteiger partial charge in [0.1, 0.15) is 12.4 Å². The minimum atomic E-state index is -1.11. The third kappa shape index (κ3) is 4.07. The second kappa shape index (κ2) is 9.13. The topological polar surface area (TPSA) is 88.2 Å². The number of pyridine rings is 2. The molecule has 2 N–H and O–H groups in total. The lowest BCUT2D eigenvalue weighted by Gasteiger charge is -2.11. The van der Waals surface area contributed by atoms with E-state index in [2.05, 4.69) is 0 Å². The van der Waals surface area contributed by atoms with Crippen LogP contribution in [0.15, 0.2) is 83.8 Å². The van der Waals surface area contributed by atoms with Gasteiger partial charge in [-0.25, -0.2) is 4.79 Å². The maximum Gasteiger partial charge on any atom is 0.337 e. The van der Waals surface area contributed by atoms with Gasteiger partial charge in [0.05, 0.1) is 15.8 Å². The van der Waals surface area contributed by atoms with Crippen LogP contribution in [-0.4, -0.2) is 27.2 Å². The largest absolute Gasteiger partial charge is 0.489 e. The van der Waals surface area contributed by atoms with Crippen LogP contribution in [0.2, 0.25) is 0 Å². The van der Waals surface area contributed by atoms with Gasteiger partial charge in [0.2, 0.25) is 0 Å². The molecule has 3 aromatic heterocycles. The zero-order valence-corrected chi connectivity index (χ0v) is 18.9. The van der Waals surface area contributed by atoms with Gasteiger partial charge in [0, 0.05) is 29.7 Å². The molecule has 3 heterocycles. The Balaban J connectivity index is 1.56. The molecule has 0 amide bonds. The lowest BCUT2D eigenvalue weighted by Crippen LogP contribution is -2.18. The van der Waals surface area contributed by atoms with Gasteiger partial charge >= 0.3 is 5.97 Å². The SMILES string of the molecule is O=C(O)c1cc(-c2ccc(OCc3ccccc3)cc2)c(=O)n2ccc3cc(CCO)sc3c12. The average Bonchev–Trinajstić information content (AvgIpc) is 3.27. The number of nitrogens with zero attached hydrogens (tertiary/aromatic N) is 1. The molecular formula is C27H21NO5S. The smallest absolute Gasteiger partial charge is 0.337 e. The second-order valence-electron chi connectivity index (χ2n) is 7.89. The number of aromatic nitrogens is 1. The van der Waals surface area contributed by atoms with Crippen molar-refractivity contribution in [3.63, 3.8) is 0 Å². The lowest BCUT2D eigenvalue weighted by molar-refractivity contribution is 0.0698. The van der Waals surface area contributed by atoms with Crippen LogP contribution in [0.3, 0.4) is 0 Å². The van der Waals surface area contributed by atoms with E-state index in [4.69, 9.17) is 4.74 Å². The molecule has 5 aromatic rings. The number of carboxylic acids is 1. The number of carbonyl (C=O) groups is 1. The molecule has 0 spiro atoms. The van der Waals surface area contributed by atoms with Crippen molar-refractivity contribution >= 4 is 32.9 Å². The van der Waals surface area contributed by atoms with E-state index in [-0.39, 0.29) is 17.7 Å². The maximum atomic E-state index is 13.4. The van der Waals surface area contributed by atoms with Gasteiger partial charge < -0.3 is 14.9 Å². The standard InChI is InChI=1S/C27H21NO5S/c29-13-11-21-14-19-10-12-28-24(25(19)34-21)23(27(31)32)15-22(26(28)30)18-6-8-20(9-7-18)33-16-17-4-2-1-3-5-17/h1-10,12,14-15,29H,11,13,16H2,(H,31,32). The van der Waals surface area contributed by atoms with Crippen LogP contribution in [0.1, 0.15) is 20.8 Å². The first-order chi connectivity index (χ1) is 16.5. The number of hydrogen-bond acceptors (Lipinski definition) is 5. The predicted molar refractivity (Wildman–Crippen MR) is 133 cm³/mol. The van der Waals surface area contributed by atoms with Crippen molar-refractivity contribution in [2.45, 2.75) is 13.0 Å².